The van der Waals surface area contributed by atoms with E-state index in [-0.39, 0.29) is 5.54 Å². The van der Waals surface area contributed by atoms with Crippen molar-refractivity contribution >= 4 is 9.84 Å². The molecule has 1 aliphatic rings. The Balaban J connectivity index is 2.57. The molecular weight excluding hydrogens is 282 g/mol. The Morgan fingerprint density at radius 3 is 1.86 bits per heavy atom. The van der Waals surface area contributed by atoms with Gasteiger partial charge < -0.3 is 0 Å². The molecule has 0 aromatic carbocycles. The average molecular weight is 318 g/mol. The molecule has 0 aromatic heterocycles. The number of sulfone groups is 1. The molecule has 1 saturated heterocycles. The zero-order valence-corrected chi connectivity index (χ0v) is 15.2. The van der Waals surface area contributed by atoms with E-state index in [2.05, 4.69) is 25.7 Å². The highest BCUT2D eigenvalue weighted by atomic mass is 32.2. The fraction of sp³-hybridized carbons (Fsp3) is 1.00. The van der Waals surface area contributed by atoms with Gasteiger partial charge in [0.25, 0.3) is 0 Å². The van der Waals surface area contributed by atoms with E-state index < -0.39 is 9.84 Å². The van der Waals surface area contributed by atoms with Crippen molar-refractivity contribution in [3.8, 4) is 0 Å². The van der Waals surface area contributed by atoms with E-state index in [0.29, 0.717) is 11.5 Å². The second-order valence-electron chi connectivity index (χ2n) is 6.90. The molecule has 1 aliphatic heterocycles. The summed E-state index contributed by atoms with van der Waals surface area (Å²) in [7, 11) is -2.77. The van der Waals surface area contributed by atoms with Crippen LogP contribution in [0.3, 0.4) is 0 Å². The van der Waals surface area contributed by atoms with Crippen LogP contribution in [-0.2, 0) is 9.84 Å². The maximum Gasteiger partial charge on any atom is 0.152 e. The van der Waals surface area contributed by atoms with Crippen LogP contribution in [0, 0.1) is 0 Å². The molecule has 1 rings (SSSR count). The summed E-state index contributed by atoms with van der Waals surface area (Å²) in [6.45, 7) is 8.33. The lowest BCUT2D eigenvalue weighted by Crippen LogP contribution is -2.53. The first kappa shape index (κ1) is 19.0. The normalized spacial score (nSPS) is 22.0. The summed E-state index contributed by atoms with van der Waals surface area (Å²) in [6.07, 6.45) is 11.4. The fourth-order valence-electron chi connectivity index (χ4n) is 3.38. The van der Waals surface area contributed by atoms with Gasteiger partial charge in [-0.15, -0.1) is 0 Å². The molecule has 21 heavy (non-hydrogen) atoms. The van der Waals surface area contributed by atoms with Gasteiger partial charge >= 0.3 is 0 Å². The third kappa shape index (κ3) is 6.68. The van der Waals surface area contributed by atoms with Gasteiger partial charge in [0.1, 0.15) is 0 Å². The van der Waals surface area contributed by atoms with Crippen molar-refractivity contribution in [3.05, 3.63) is 0 Å². The molecular formula is C17H35NO2S. The molecule has 1 heterocycles. The predicted octanol–water partition coefficient (Wildman–Crippen LogP) is 4.03. The Labute approximate surface area is 132 Å². The molecule has 0 amide bonds. The molecule has 1 atom stereocenters. The molecule has 0 bridgehead atoms. The molecule has 4 heteroatoms. The van der Waals surface area contributed by atoms with Gasteiger partial charge in [-0.2, -0.15) is 0 Å². The number of rotatable bonds is 10. The summed E-state index contributed by atoms with van der Waals surface area (Å²) in [6, 6.07) is 0. The van der Waals surface area contributed by atoms with Gasteiger partial charge in [0.05, 0.1) is 11.5 Å². The van der Waals surface area contributed by atoms with Crippen molar-refractivity contribution in [2.24, 2.45) is 0 Å². The molecule has 0 radical (unpaired) electrons. The minimum Gasteiger partial charge on any atom is -0.296 e. The second-order valence-corrected chi connectivity index (χ2v) is 9.21. The summed E-state index contributed by atoms with van der Waals surface area (Å²) < 4.78 is 23.3. The molecule has 0 N–H and O–H groups in total. The number of hydrogen-bond acceptors (Lipinski definition) is 3. The van der Waals surface area contributed by atoms with Crippen molar-refractivity contribution in [3.63, 3.8) is 0 Å². The van der Waals surface area contributed by atoms with Crippen LogP contribution in [0.1, 0.15) is 78.6 Å². The zero-order valence-electron chi connectivity index (χ0n) is 14.4. The van der Waals surface area contributed by atoms with Gasteiger partial charge in [-0.1, -0.05) is 58.8 Å². The summed E-state index contributed by atoms with van der Waals surface area (Å²) in [5, 5.41) is 0. The maximum absolute atomic E-state index is 11.7. The quantitative estimate of drug-likeness (QED) is 0.571. The van der Waals surface area contributed by atoms with E-state index in [1.165, 1.54) is 57.8 Å². The predicted molar refractivity (Wildman–Crippen MR) is 91.5 cm³/mol. The lowest BCUT2D eigenvalue weighted by Gasteiger charge is -2.44. The lowest BCUT2D eigenvalue weighted by molar-refractivity contribution is 0.0894. The number of unbranched alkanes of at least 4 members (excludes halogenated alkanes) is 5. The van der Waals surface area contributed by atoms with Crippen LogP contribution in [-0.4, -0.2) is 43.5 Å². The van der Waals surface area contributed by atoms with Crippen molar-refractivity contribution in [2.75, 3.05) is 24.6 Å². The van der Waals surface area contributed by atoms with Gasteiger partial charge in [0, 0.05) is 18.6 Å². The largest absolute Gasteiger partial charge is 0.296 e. The van der Waals surface area contributed by atoms with E-state index in [4.69, 9.17) is 0 Å². The van der Waals surface area contributed by atoms with Gasteiger partial charge in [0.2, 0.25) is 0 Å². The summed E-state index contributed by atoms with van der Waals surface area (Å²) >= 11 is 0. The molecule has 3 nitrogen and oxygen atoms in total. The second kappa shape index (κ2) is 9.14. The van der Waals surface area contributed by atoms with Crippen LogP contribution in [0.5, 0.6) is 0 Å². The Kier molecular flexibility index (Phi) is 8.25. The minimum absolute atomic E-state index is 0.207. The fourth-order valence-corrected chi connectivity index (χ4v) is 4.58. The average Bonchev–Trinajstić information content (AvgIpc) is 2.44. The topological polar surface area (TPSA) is 37.4 Å². The first-order chi connectivity index (χ1) is 9.93. The summed E-state index contributed by atoms with van der Waals surface area (Å²) in [5.74, 6) is 0.705. The number of hydrogen-bond donors (Lipinski definition) is 0. The molecule has 0 spiro atoms. The van der Waals surface area contributed by atoms with Crippen LogP contribution < -0.4 is 0 Å². The van der Waals surface area contributed by atoms with Crippen LogP contribution in [0.15, 0.2) is 0 Å². The van der Waals surface area contributed by atoms with Gasteiger partial charge in [-0.05, 0) is 19.8 Å². The minimum atomic E-state index is -2.77. The first-order valence-electron chi connectivity index (χ1n) is 8.89. The van der Waals surface area contributed by atoms with Crippen LogP contribution in [0.2, 0.25) is 0 Å². The van der Waals surface area contributed by atoms with Gasteiger partial charge in [-0.25, -0.2) is 8.42 Å². The number of nitrogens with zero attached hydrogens (tertiary/aromatic N) is 1. The lowest BCUT2D eigenvalue weighted by atomic mass is 9.86. The highest BCUT2D eigenvalue weighted by Gasteiger charge is 2.34. The molecule has 1 unspecified atom stereocenters. The smallest absolute Gasteiger partial charge is 0.152 e. The third-order valence-electron chi connectivity index (χ3n) is 5.00. The monoisotopic (exact) mass is 317 g/mol. The Morgan fingerprint density at radius 1 is 0.857 bits per heavy atom. The van der Waals surface area contributed by atoms with E-state index in [1.807, 2.05) is 0 Å². The van der Waals surface area contributed by atoms with E-state index in [1.54, 1.807) is 0 Å². The highest BCUT2D eigenvalue weighted by molar-refractivity contribution is 7.91. The summed E-state index contributed by atoms with van der Waals surface area (Å²) in [4.78, 5) is 2.47. The van der Waals surface area contributed by atoms with Crippen LogP contribution in [0.4, 0.5) is 0 Å². The van der Waals surface area contributed by atoms with Crippen molar-refractivity contribution in [1.82, 2.24) is 4.90 Å². The van der Waals surface area contributed by atoms with Crippen LogP contribution in [0.25, 0.3) is 0 Å². The van der Waals surface area contributed by atoms with Gasteiger partial charge in [0.15, 0.2) is 9.84 Å². The van der Waals surface area contributed by atoms with E-state index >= 15 is 0 Å². The first-order valence-corrected chi connectivity index (χ1v) is 10.7. The molecule has 0 saturated carbocycles. The maximum atomic E-state index is 11.7. The van der Waals surface area contributed by atoms with Gasteiger partial charge in [-0.3, -0.25) is 4.90 Å². The standard InChI is InChI=1S/C17H35NO2S/c1-4-6-8-10-12-17(3,11-9-7-5-2)18-13-15-21(19,20)16-14-18/h4-16H2,1-3H3. The van der Waals surface area contributed by atoms with Crippen molar-refractivity contribution in [2.45, 2.75) is 84.1 Å². The highest BCUT2D eigenvalue weighted by Crippen LogP contribution is 2.30. The molecule has 126 valence electrons. The van der Waals surface area contributed by atoms with E-state index in [9.17, 15) is 8.42 Å². The van der Waals surface area contributed by atoms with Crippen molar-refractivity contribution < 1.29 is 8.42 Å². The molecule has 0 aliphatic carbocycles. The Hall–Kier alpha value is -0.0900. The van der Waals surface area contributed by atoms with Crippen LogP contribution >= 0.6 is 0 Å². The Bertz CT molecular complexity index is 366. The summed E-state index contributed by atoms with van der Waals surface area (Å²) in [5.41, 5.74) is 0.207. The SMILES string of the molecule is CCCCCCC(C)(CCCCC)N1CCS(=O)(=O)CC1. The Morgan fingerprint density at radius 2 is 1.33 bits per heavy atom. The van der Waals surface area contributed by atoms with Crippen molar-refractivity contribution in [1.29, 1.82) is 0 Å². The zero-order chi connectivity index (χ0) is 15.8. The third-order valence-corrected chi connectivity index (χ3v) is 6.60. The van der Waals surface area contributed by atoms with E-state index in [0.717, 1.165) is 13.1 Å². The molecule has 1 fully saturated rings. The molecule has 0 aromatic rings.